The first-order valence-corrected chi connectivity index (χ1v) is 7.12. The summed E-state index contributed by atoms with van der Waals surface area (Å²) >= 11 is 1.57. The molecule has 1 heterocycles. The van der Waals surface area contributed by atoms with Gasteiger partial charge in [0.15, 0.2) is 0 Å². The zero-order valence-electron chi connectivity index (χ0n) is 11.8. The van der Waals surface area contributed by atoms with Crippen LogP contribution in [0.3, 0.4) is 0 Å². The first-order chi connectivity index (χ1) is 9.45. The molecule has 0 aliphatic carbocycles. The number of carbonyl (C=O) groups excluding carboxylic acids is 1. The van der Waals surface area contributed by atoms with Gasteiger partial charge in [0.2, 0.25) is 5.91 Å². The summed E-state index contributed by atoms with van der Waals surface area (Å²) in [4.78, 5) is 13.4. The lowest BCUT2D eigenvalue weighted by molar-refractivity contribution is -0.120. The minimum Gasteiger partial charge on any atom is -0.495 e. The van der Waals surface area contributed by atoms with Crippen molar-refractivity contribution in [3.05, 3.63) is 40.6 Å². The summed E-state index contributed by atoms with van der Waals surface area (Å²) in [6.45, 7) is 3.81. The van der Waals surface area contributed by atoms with Gasteiger partial charge in [-0.05, 0) is 43.5 Å². The highest BCUT2D eigenvalue weighted by molar-refractivity contribution is 7.10. The summed E-state index contributed by atoms with van der Waals surface area (Å²) < 4.78 is 5.10. The molecule has 1 amide bonds. The van der Waals surface area contributed by atoms with Crippen molar-refractivity contribution < 1.29 is 9.53 Å². The van der Waals surface area contributed by atoms with Crippen LogP contribution in [0, 0.1) is 0 Å². The van der Waals surface area contributed by atoms with E-state index in [0.29, 0.717) is 17.1 Å². The Morgan fingerprint density at radius 3 is 2.65 bits per heavy atom. The predicted octanol–water partition coefficient (Wildman–Crippen LogP) is 3.26. The average molecular weight is 290 g/mol. The van der Waals surface area contributed by atoms with Gasteiger partial charge in [0, 0.05) is 10.6 Å². The van der Waals surface area contributed by atoms with Crippen LogP contribution in [-0.4, -0.2) is 13.0 Å². The molecule has 0 saturated heterocycles. The number of hydrogen-bond acceptors (Lipinski definition) is 4. The third kappa shape index (κ3) is 2.77. The van der Waals surface area contributed by atoms with Crippen molar-refractivity contribution in [2.45, 2.75) is 19.3 Å². The van der Waals surface area contributed by atoms with E-state index < -0.39 is 5.41 Å². The Kier molecular flexibility index (Phi) is 3.99. The maximum absolute atomic E-state index is 12.4. The van der Waals surface area contributed by atoms with Crippen LogP contribution >= 0.6 is 11.3 Å². The molecular weight excluding hydrogens is 272 g/mol. The zero-order valence-corrected chi connectivity index (χ0v) is 12.6. The van der Waals surface area contributed by atoms with E-state index in [1.54, 1.807) is 36.6 Å². The molecule has 0 aliphatic rings. The molecule has 20 heavy (non-hydrogen) atoms. The summed E-state index contributed by atoms with van der Waals surface area (Å²) in [5.74, 6) is 0.532. The van der Waals surface area contributed by atoms with Crippen LogP contribution < -0.4 is 15.8 Å². The minimum absolute atomic E-state index is 0.0653. The predicted molar refractivity (Wildman–Crippen MR) is 83.4 cm³/mol. The molecule has 0 radical (unpaired) electrons. The number of anilines is 2. The van der Waals surface area contributed by atoms with Gasteiger partial charge < -0.3 is 15.8 Å². The van der Waals surface area contributed by atoms with Gasteiger partial charge in [-0.2, -0.15) is 0 Å². The summed E-state index contributed by atoms with van der Waals surface area (Å²) in [7, 11) is 1.56. The van der Waals surface area contributed by atoms with Gasteiger partial charge in [0.25, 0.3) is 0 Å². The third-order valence-electron chi connectivity index (χ3n) is 3.19. The van der Waals surface area contributed by atoms with Crippen molar-refractivity contribution in [1.82, 2.24) is 0 Å². The summed E-state index contributed by atoms with van der Waals surface area (Å²) in [6, 6.07) is 9.12. The second-order valence-corrected chi connectivity index (χ2v) is 5.96. The van der Waals surface area contributed by atoms with Crippen molar-refractivity contribution >= 4 is 28.6 Å². The first kappa shape index (κ1) is 14.4. The molecule has 0 aliphatic heterocycles. The standard InChI is InChI=1S/C15H18N2O2S/c1-15(2,13-5-4-8-20-13)14(18)17-10-6-7-12(19-3)11(16)9-10/h4-9H,16H2,1-3H3,(H,17,18). The molecule has 0 atom stereocenters. The zero-order chi connectivity index (χ0) is 14.8. The lowest BCUT2D eigenvalue weighted by Crippen LogP contribution is -2.33. The number of hydrogen-bond donors (Lipinski definition) is 2. The Bertz CT molecular complexity index is 606. The van der Waals surface area contributed by atoms with Gasteiger partial charge in [0.1, 0.15) is 5.75 Å². The summed E-state index contributed by atoms with van der Waals surface area (Å²) in [5, 5.41) is 4.86. The Morgan fingerprint density at radius 2 is 2.10 bits per heavy atom. The van der Waals surface area contributed by atoms with Crippen LogP contribution in [-0.2, 0) is 10.2 Å². The smallest absolute Gasteiger partial charge is 0.235 e. The molecule has 0 saturated carbocycles. The van der Waals surface area contributed by atoms with Crippen molar-refractivity contribution in [2.75, 3.05) is 18.2 Å². The Hall–Kier alpha value is -2.01. The molecule has 5 heteroatoms. The Labute approximate surface area is 122 Å². The van der Waals surface area contributed by atoms with E-state index in [-0.39, 0.29) is 5.91 Å². The average Bonchev–Trinajstić information content (AvgIpc) is 2.93. The van der Waals surface area contributed by atoms with Crippen molar-refractivity contribution in [3.63, 3.8) is 0 Å². The fraction of sp³-hybridized carbons (Fsp3) is 0.267. The van der Waals surface area contributed by atoms with Crippen LogP contribution in [0.15, 0.2) is 35.7 Å². The number of rotatable bonds is 4. The summed E-state index contributed by atoms with van der Waals surface area (Å²) in [5.41, 5.74) is 6.42. The van der Waals surface area contributed by atoms with E-state index in [9.17, 15) is 4.79 Å². The highest BCUT2D eigenvalue weighted by Gasteiger charge is 2.30. The fourth-order valence-electron chi connectivity index (χ4n) is 1.85. The molecule has 0 unspecified atom stereocenters. The maximum atomic E-state index is 12.4. The second kappa shape index (κ2) is 5.54. The number of nitrogens with one attached hydrogen (secondary N) is 1. The molecule has 0 fully saturated rings. The van der Waals surface area contributed by atoms with Crippen LogP contribution in [0.5, 0.6) is 5.75 Å². The first-order valence-electron chi connectivity index (χ1n) is 6.24. The van der Waals surface area contributed by atoms with E-state index in [1.165, 1.54) is 0 Å². The molecule has 0 spiro atoms. The van der Waals surface area contributed by atoms with E-state index in [4.69, 9.17) is 10.5 Å². The highest BCUT2D eigenvalue weighted by Crippen LogP contribution is 2.30. The van der Waals surface area contributed by atoms with E-state index in [2.05, 4.69) is 5.32 Å². The lowest BCUT2D eigenvalue weighted by Gasteiger charge is -2.22. The number of nitrogens with two attached hydrogens (primary N) is 1. The Balaban J connectivity index is 2.18. The number of thiophene rings is 1. The largest absolute Gasteiger partial charge is 0.495 e. The van der Waals surface area contributed by atoms with Crippen molar-refractivity contribution in [1.29, 1.82) is 0 Å². The SMILES string of the molecule is COc1ccc(NC(=O)C(C)(C)c2cccs2)cc1N. The molecule has 0 bridgehead atoms. The third-order valence-corrected chi connectivity index (χ3v) is 4.39. The van der Waals surface area contributed by atoms with Gasteiger partial charge in [-0.15, -0.1) is 11.3 Å². The number of methoxy groups -OCH3 is 1. The van der Waals surface area contributed by atoms with Gasteiger partial charge >= 0.3 is 0 Å². The second-order valence-electron chi connectivity index (χ2n) is 5.01. The van der Waals surface area contributed by atoms with Crippen LogP contribution in [0.4, 0.5) is 11.4 Å². The van der Waals surface area contributed by atoms with Gasteiger partial charge in [-0.25, -0.2) is 0 Å². The monoisotopic (exact) mass is 290 g/mol. The fourth-order valence-corrected chi connectivity index (χ4v) is 2.69. The number of amides is 1. The van der Waals surface area contributed by atoms with Crippen LogP contribution in [0.25, 0.3) is 0 Å². The number of ether oxygens (including phenoxy) is 1. The van der Waals surface area contributed by atoms with Gasteiger partial charge in [-0.1, -0.05) is 6.07 Å². The van der Waals surface area contributed by atoms with Crippen molar-refractivity contribution in [3.8, 4) is 5.75 Å². The number of nitrogen functional groups attached to an aromatic ring is 1. The molecule has 3 N–H and O–H groups in total. The number of benzene rings is 1. The van der Waals surface area contributed by atoms with E-state index in [0.717, 1.165) is 4.88 Å². The molecule has 1 aromatic carbocycles. The normalized spacial score (nSPS) is 11.2. The Morgan fingerprint density at radius 1 is 1.35 bits per heavy atom. The van der Waals surface area contributed by atoms with Gasteiger partial charge in [0.05, 0.1) is 18.2 Å². The van der Waals surface area contributed by atoms with E-state index in [1.807, 2.05) is 31.4 Å². The molecule has 2 aromatic rings. The highest BCUT2D eigenvalue weighted by atomic mass is 32.1. The number of carbonyl (C=O) groups is 1. The van der Waals surface area contributed by atoms with Crippen molar-refractivity contribution in [2.24, 2.45) is 0 Å². The summed E-state index contributed by atoms with van der Waals surface area (Å²) in [6.07, 6.45) is 0. The molecule has 4 nitrogen and oxygen atoms in total. The molecule has 1 aromatic heterocycles. The molecule has 2 rings (SSSR count). The van der Waals surface area contributed by atoms with Crippen LogP contribution in [0.2, 0.25) is 0 Å². The van der Waals surface area contributed by atoms with Gasteiger partial charge in [-0.3, -0.25) is 4.79 Å². The van der Waals surface area contributed by atoms with E-state index >= 15 is 0 Å². The van der Waals surface area contributed by atoms with Crippen LogP contribution in [0.1, 0.15) is 18.7 Å². The molecular formula is C15H18N2O2S. The minimum atomic E-state index is -0.580. The lowest BCUT2D eigenvalue weighted by atomic mass is 9.90. The quantitative estimate of drug-likeness (QED) is 0.849. The maximum Gasteiger partial charge on any atom is 0.235 e. The topological polar surface area (TPSA) is 64.3 Å². The molecule has 106 valence electrons.